The van der Waals surface area contributed by atoms with Crippen LogP contribution in [0.3, 0.4) is 0 Å². The molecule has 5 nitrogen and oxygen atoms in total. The van der Waals surface area contributed by atoms with E-state index < -0.39 is 9.84 Å². The first-order valence-electron chi connectivity index (χ1n) is 9.15. The summed E-state index contributed by atoms with van der Waals surface area (Å²) in [6.45, 7) is 7.74. The number of hydrogen-bond donors (Lipinski definition) is 1. The van der Waals surface area contributed by atoms with E-state index in [9.17, 15) is 13.2 Å². The molecule has 2 aromatic rings. The van der Waals surface area contributed by atoms with Gasteiger partial charge in [0.1, 0.15) is 0 Å². The lowest BCUT2D eigenvalue weighted by molar-refractivity contribution is 0.0951. The van der Waals surface area contributed by atoms with Crippen molar-refractivity contribution in [2.24, 2.45) is 0 Å². The normalized spacial score (nSPS) is 11.6. The molecule has 0 saturated heterocycles. The highest BCUT2D eigenvalue weighted by Gasteiger charge is 2.08. The van der Waals surface area contributed by atoms with E-state index in [1.807, 2.05) is 12.1 Å². The van der Waals surface area contributed by atoms with Crippen LogP contribution >= 0.6 is 0 Å². The largest absolute Gasteiger partial charge is 0.348 e. The number of nitrogens with one attached hydrogen (secondary N) is 1. The van der Waals surface area contributed by atoms with Crippen LogP contribution in [-0.4, -0.2) is 38.6 Å². The van der Waals surface area contributed by atoms with E-state index in [2.05, 4.69) is 36.2 Å². The van der Waals surface area contributed by atoms with Crippen molar-refractivity contribution < 1.29 is 13.2 Å². The molecule has 0 aliphatic rings. The lowest BCUT2D eigenvalue weighted by atomic mass is 10.1. The molecule has 0 aromatic heterocycles. The Kier molecular flexibility index (Phi) is 7.56. The van der Waals surface area contributed by atoms with Crippen molar-refractivity contribution in [3.63, 3.8) is 0 Å². The second-order valence-electron chi connectivity index (χ2n) is 6.73. The fraction of sp³-hybridized carbons (Fsp3) is 0.381. The van der Waals surface area contributed by atoms with Gasteiger partial charge < -0.3 is 5.32 Å². The lowest BCUT2D eigenvalue weighted by Gasteiger charge is -2.18. The lowest BCUT2D eigenvalue weighted by Crippen LogP contribution is -2.23. The average Bonchev–Trinajstić information content (AvgIpc) is 2.64. The van der Waals surface area contributed by atoms with Crippen LogP contribution in [0.15, 0.2) is 48.5 Å². The molecule has 0 bridgehead atoms. The third kappa shape index (κ3) is 7.15. The molecule has 0 unspecified atom stereocenters. The molecule has 0 aliphatic heterocycles. The van der Waals surface area contributed by atoms with Gasteiger partial charge in [0.05, 0.1) is 5.75 Å². The number of benzene rings is 2. The van der Waals surface area contributed by atoms with Crippen LogP contribution in [0.1, 0.15) is 40.9 Å². The van der Waals surface area contributed by atoms with E-state index in [4.69, 9.17) is 0 Å². The van der Waals surface area contributed by atoms with Gasteiger partial charge in [0.15, 0.2) is 9.84 Å². The smallest absolute Gasteiger partial charge is 0.251 e. The third-order valence-corrected chi connectivity index (χ3v) is 5.28. The molecule has 0 heterocycles. The molecule has 0 fully saturated rings. The predicted molar refractivity (Wildman–Crippen MR) is 109 cm³/mol. The molecule has 2 aromatic carbocycles. The van der Waals surface area contributed by atoms with Crippen molar-refractivity contribution in [3.8, 4) is 0 Å². The summed E-state index contributed by atoms with van der Waals surface area (Å²) in [5, 5.41) is 2.90. The number of amides is 1. The summed E-state index contributed by atoms with van der Waals surface area (Å²) >= 11 is 0. The molecule has 1 N–H and O–H groups in total. The SMILES string of the molecule is CCN(CC)Cc1ccc(CNC(=O)c2ccc(CS(C)(=O)=O)cc2)cc1. The average molecular weight is 389 g/mol. The second-order valence-corrected chi connectivity index (χ2v) is 8.87. The molecule has 27 heavy (non-hydrogen) atoms. The number of carbonyl (C=O) groups is 1. The Morgan fingerprint density at radius 1 is 0.889 bits per heavy atom. The van der Waals surface area contributed by atoms with Crippen LogP contribution in [-0.2, 0) is 28.7 Å². The van der Waals surface area contributed by atoms with Gasteiger partial charge in [0.25, 0.3) is 5.91 Å². The number of rotatable bonds is 9. The van der Waals surface area contributed by atoms with E-state index >= 15 is 0 Å². The number of nitrogens with zero attached hydrogens (tertiary/aromatic N) is 1. The topological polar surface area (TPSA) is 66.5 Å². The van der Waals surface area contributed by atoms with Crippen LogP contribution in [0, 0.1) is 0 Å². The Balaban J connectivity index is 1.89. The minimum Gasteiger partial charge on any atom is -0.348 e. The van der Waals surface area contributed by atoms with Crippen molar-refractivity contribution in [1.29, 1.82) is 0 Å². The summed E-state index contributed by atoms with van der Waals surface area (Å²) in [7, 11) is -3.07. The molecule has 146 valence electrons. The summed E-state index contributed by atoms with van der Waals surface area (Å²) in [4.78, 5) is 14.6. The van der Waals surface area contributed by atoms with Crippen LogP contribution in [0.5, 0.6) is 0 Å². The predicted octanol–water partition coefficient (Wildman–Crippen LogP) is 3.00. The Bertz CT molecular complexity index is 840. The van der Waals surface area contributed by atoms with Gasteiger partial charge in [-0.05, 0) is 41.9 Å². The maximum Gasteiger partial charge on any atom is 0.251 e. The second kappa shape index (κ2) is 9.67. The van der Waals surface area contributed by atoms with E-state index in [0.717, 1.165) is 25.2 Å². The molecule has 1 amide bonds. The molecule has 2 rings (SSSR count). The van der Waals surface area contributed by atoms with E-state index in [0.29, 0.717) is 17.7 Å². The molecular formula is C21H28N2O3S. The summed E-state index contributed by atoms with van der Waals surface area (Å²) < 4.78 is 22.6. The van der Waals surface area contributed by atoms with Gasteiger partial charge in [-0.2, -0.15) is 0 Å². The Morgan fingerprint density at radius 2 is 1.41 bits per heavy atom. The van der Waals surface area contributed by atoms with Crippen LogP contribution in [0.2, 0.25) is 0 Å². The zero-order valence-corrected chi connectivity index (χ0v) is 17.1. The minimum atomic E-state index is -3.07. The van der Waals surface area contributed by atoms with Crippen molar-refractivity contribution in [2.45, 2.75) is 32.7 Å². The molecular weight excluding hydrogens is 360 g/mol. The summed E-state index contributed by atoms with van der Waals surface area (Å²) in [5.41, 5.74) is 3.50. The van der Waals surface area contributed by atoms with E-state index in [1.165, 1.54) is 11.8 Å². The maximum atomic E-state index is 12.3. The van der Waals surface area contributed by atoms with Gasteiger partial charge in [0.2, 0.25) is 0 Å². The van der Waals surface area contributed by atoms with Crippen LogP contribution in [0.4, 0.5) is 0 Å². The minimum absolute atomic E-state index is 0.0191. The van der Waals surface area contributed by atoms with Gasteiger partial charge in [-0.1, -0.05) is 50.2 Å². The van der Waals surface area contributed by atoms with Gasteiger partial charge in [-0.15, -0.1) is 0 Å². The zero-order valence-electron chi connectivity index (χ0n) is 16.2. The van der Waals surface area contributed by atoms with E-state index in [-0.39, 0.29) is 11.7 Å². The number of carbonyl (C=O) groups excluding carboxylic acids is 1. The molecule has 0 saturated carbocycles. The highest BCUT2D eigenvalue weighted by molar-refractivity contribution is 7.89. The molecule has 0 atom stereocenters. The first-order valence-corrected chi connectivity index (χ1v) is 11.2. The fourth-order valence-electron chi connectivity index (χ4n) is 2.81. The number of sulfone groups is 1. The first-order chi connectivity index (χ1) is 12.8. The first kappa shape index (κ1) is 21.1. The molecule has 0 radical (unpaired) electrons. The van der Waals surface area contributed by atoms with Crippen molar-refractivity contribution in [2.75, 3.05) is 19.3 Å². The van der Waals surface area contributed by atoms with Gasteiger partial charge in [0, 0.05) is 24.9 Å². The third-order valence-electron chi connectivity index (χ3n) is 4.42. The highest BCUT2D eigenvalue weighted by Crippen LogP contribution is 2.10. The van der Waals surface area contributed by atoms with Crippen molar-refractivity contribution >= 4 is 15.7 Å². The Morgan fingerprint density at radius 3 is 1.93 bits per heavy atom. The summed E-state index contributed by atoms with van der Waals surface area (Å²) in [5.74, 6) is -0.192. The van der Waals surface area contributed by atoms with Crippen molar-refractivity contribution in [3.05, 3.63) is 70.8 Å². The van der Waals surface area contributed by atoms with Gasteiger partial charge in [-0.3, -0.25) is 9.69 Å². The Hall–Kier alpha value is -2.18. The van der Waals surface area contributed by atoms with Gasteiger partial charge >= 0.3 is 0 Å². The van der Waals surface area contributed by atoms with Gasteiger partial charge in [-0.25, -0.2) is 8.42 Å². The standard InChI is InChI=1S/C21H28N2O3S/c1-4-23(5-2)15-18-8-6-17(7-9-18)14-22-21(24)20-12-10-19(11-13-20)16-27(3,25)26/h6-13H,4-5,14-16H2,1-3H3,(H,22,24). The maximum absolute atomic E-state index is 12.3. The van der Waals surface area contributed by atoms with Crippen LogP contribution in [0.25, 0.3) is 0 Å². The summed E-state index contributed by atoms with van der Waals surface area (Å²) in [6.07, 6.45) is 1.20. The number of hydrogen-bond acceptors (Lipinski definition) is 4. The fourth-order valence-corrected chi connectivity index (χ4v) is 3.61. The van der Waals surface area contributed by atoms with E-state index in [1.54, 1.807) is 24.3 Å². The monoisotopic (exact) mass is 388 g/mol. The highest BCUT2D eigenvalue weighted by atomic mass is 32.2. The van der Waals surface area contributed by atoms with Crippen molar-refractivity contribution in [1.82, 2.24) is 10.2 Å². The summed E-state index contributed by atoms with van der Waals surface area (Å²) in [6, 6.07) is 14.9. The Labute approximate surface area is 162 Å². The molecule has 6 heteroatoms. The van der Waals surface area contributed by atoms with Crippen LogP contribution < -0.4 is 5.32 Å². The quantitative estimate of drug-likeness (QED) is 0.717. The molecule has 0 aliphatic carbocycles. The molecule has 0 spiro atoms. The zero-order chi connectivity index (χ0) is 19.9.